The van der Waals surface area contributed by atoms with Gasteiger partial charge in [0, 0.05) is 18.4 Å². The summed E-state index contributed by atoms with van der Waals surface area (Å²) in [5.41, 5.74) is 0. The maximum absolute atomic E-state index is 8.28. The molecule has 1 aromatic rings. The van der Waals surface area contributed by atoms with Gasteiger partial charge in [-0.25, -0.2) is 4.98 Å². The summed E-state index contributed by atoms with van der Waals surface area (Å²) < 4.78 is 0. The quantitative estimate of drug-likeness (QED) is 0.548. The summed E-state index contributed by atoms with van der Waals surface area (Å²) >= 11 is 0. The van der Waals surface area contributed by atoms with E-state index < -0.39 is 0 Å². The lowest BCUT2D eigenvalue weighted by atomic mass is 10.5. The fourth-order valence-electron chi connectivity index (χ4n) is 0.586. The highest BCUT2D eigenvalue weighted by Crippen LogP contribution is 2.28. The molecule has 0 aliphatic rings. The van der Waals surface area contributed by atoms with Crippen LogP contribution in [0, 0.1) is 11.3 Å². The van der Waals surface area contributed by atoms with Gasteiger partial charge in [-0.2, -0.15) is 5.26 Å². The Morgan fingerprint density at radius 3 is 3.08 bits per heavy atom. The zero-order valence-corrected chi connectivity index (χ0v) is 8.07. The van der Waals surface area contributed by atoms with Crippen LogP contribution in [0.2, 0.25) is 0 Å². The Morgan fingerprint density at radius 1 is 1.50 bits per heavy atom. The minimum absolute atomic E-state index is 0.602. The second kappa shape index (κ2) is 5.92. The molecular formula is C8H8N2S2. The van der Waals surface area contributed by atoms with Gasteiger partial charge >= 0.3 is 0 Å². The van der Waals surface area contributed by atoms with E-state index in [0.717, 1.165) is 10.8 Å². The van der Waals surface area contributed by atoms with Gasteiger partial charge in [0.15, 0.2) is 0 Å². The van der Waals surface area contributed by atoms with E-state index in [1.165, 1.54) is 0 Å². The third kappa shape index (κ3) is 3.65. The lowest BCUT2D eigenvalue weighted by molar-refractivity contribution is 1.14. The van der Waals surface area contributed by atoms with Crippen molar-refractivity contribution in [3.05, 3.63) is 24.4 Å². The summed E-state index contributed by atoms with van der Waals surface area (Å²) in [7, 11) is 3.28. The minimum Gasteiger partial charge on any atom is -0.249 e. The summed E-state index contributed by atoms with van der Waals surface area (Å²) in [6, 6.07) is 7.91. The van der Waals surface area contributed by atoms with Gasteiger partial charge < -0.3 is 0 Å². The van der Waals surface area contributed by atoms with Crippen molar-refractivity contribution in [3.8, 4) is 6.07 Å². The molecule has 0 aromatic carbocycles. The highest BCUT2D eigenvalue weighted by atomic mass is 33.1. The first kappa shape index (κ1) is 9.43. The number of rotatable bonds is 4. The summed E-state index contributed by atoms with van der Waals surface area (Å²) in [6.45, 7) is 0. The predicted octanol–water partition coefficient (Wildman–Crippen LogP) is 2.74. The van der Waals surface area contributed by atoms with E-state index in [9.17, 15) is 0 Å². The Bertz CT molecular complexity index is 256. The molecule has 0 spiro atoms. The zero-order chi connectivity index (χ0) is 8.65. The Kier molecular flexibility index (Phi) is 4.65. The molecule has 0 saturated carbocycles. The van der Waals surface area contributed by atoms with E-state index in [2.05, 4.69) is 11.1 Å². The van der Waals surface area contributed by atoms with Crippen molar-refractivity contribution < 1.29 is 0 Å². The van der Waals surface area contributed by atoms with Gasteiger partial charge in [0.1, 0.15) is 5.03 Å². The summed E-state index contributed by atoms with van der Waals surface area (Å²) in [5, 5.41) is 9.28. The lowest BCUT2D eigenvalue weighted by Crippen LogP contribution is -1.75. The molecule has 12 heavy (non-hydrogen) atoms. The average molecular weight is 196 g/mol. The van der Waals surface area contributed by atoms with Gasteiger partial charge in [0.05, 0.1) is 6.07 Å². The van der Waals surface area contributed by atoms with Crippen molar-refractivity contribution in [3.63, 3.8) is 0 Å². The van der Waals surface area contributed by atoms with Gasteiger partial charge in [-0.05, 0) is 22.9 Å². The van der Waals surface area contributed by atoms with E-state index in [-0.39, 0.29) is 0 Å². The van der Waals surface area contributed by atoms with Crippen LogP contribution in [0.5, 0.6) is 0 Å². The SMILES string of the molecule is N#CCCSSc1ccccn1. The number of hydrogen-bond acceptors (Lipinski definition) is 4. The monoisotopic (exact) mass is 196 g/mol. The fraction of sp³-hybridized carbons (Fsp3) is 0.250. The first-order valence-corrected chi connectivity index (χ1v) is 5.83. The zero-order valence-electron chi connectivity index (χ0n) is 6.43. The smallest absolute Gasteiger partial charge is 0.106 e. The van der Waals surface area contributed by atoms with Crippen LogP contribution in [-0.2, 0) is 0 Å². The van der Waals surface area contributed by atoms with E-state index in [1.54, 1.807) is 27.8 Å². The normalized spacial score (nSPS) is 9.25. The molecule has 0 aliphatic carbocycles. The fourth-order valence-corrected chi connectivity index (χ4v) is 2.36. The topological polar surface area (TPSA) is 36.7 Å². The second-order valence-corrected chi connectivity index (χ2v) is 4.42. The van der Waals surface area contributed by atoms with Crippen molar-refractivity contribution in [2.24, 2.45) is 0 Å². The lowest BCUT2D eigenvalue weighted by Gasteiger charge is -1.95. The minimum atomic E-state index is 0.602. The van der Waals surface area contributed by atoms with Crippen molar-refractivity contribution in [1.29, 1.82) is 5.26 Å². The Balaban J connectivity index is 2.21. The van der Waals surface area contributed by atoms with Gasteiger partial charge in [-0.1, -0.05) is 16.9 Å². The largest absolute Gasteiger partial charge is 0.249 e. The van der Waals surface area contributed by atoms with E-state index in [1.807, 2.05) is 18.2 Å². The number of nitrogens with zero attached hydrogens (tertiary/aromatic N) is 2. The first-order chi connectivity index (χ1) is 5.93. The van der Waals surface area contributed by atoms with E-state index in [0.29, 0.717) is 6.42 Å². The average Bonchev–Trinajstić information content (AvgIpc) is 2.14. The van der Waals surface area contributed by atoms with Gasteiger partial charge in [0.2, 0.25) is 0 Å². The van der Waals surface area contributed by atoms with Crippen LogP contribution < -0.4 is 0 Å². The molecule has 0 saturated heterocycles. The van der Waals surface area contributed by atoms with Crippen LogP contribution in [-0.4, -0.2) is 10.7 Å². The van der Waals surface area contributed by atoms with Crippen LogP contribution in [0.25, 0.3) is 0 Å². The summed E-state index contributed by atoms with van der Waals surface area (Å²) in [6.07, 6.45) is 2.37. The van der Waals surface area contributed by atoms with Gasteiger partial charge in [-0.3, -0.25) is 0 Å². The van der Waals surface area contributed by atoms with Gasteiger partial charge in [0.25, 0.3) is 0 Å². The highest BCUT2D eigenvalue weighted by molar-refractivity contribution is 8.76. The first-order valence-electron chi connectivity index (χ1n) is 3.51. The maximum Gasteiger partial charge on any atom is 0.106 e. The number of aromatic nitrogens is 1. The molecule has 0 atom stereocenters. The van der Waals surface area contributed by atoms with Crippen LogP contribution in [0.1, 0.15) is 6.42 Å². The van der Waals surface area contributed by atoms with Gasteiger partial charge in [-0.15, -0.1) is 0 Å². The summed E-state index contributed by atoms with van der Waals surface area (Å²) in [5.74, 6) is 0.859. The molecule has 0 amide bonds. The third-order valence-corrected chi connectivity index (χ3v) is 3.35. The molecule has 0 N–H and O–H groups in total. The van der Waals surface area contributed by atoms with Crippen molar-refractivity contribution in [1.82, 2.24) is 4.98 Å². The van der Waals surface area contributed by atoms with E-state index in [4.69, 9.17) is 5.26 Å². The molecule has 0 fully saturated rings. The molecule has 4 heteroatoms. The Labute approximate surface area is 79.8 Å². The van der Waals surface area contributed by atoms with E-state index >= 15 is 0 Å². The molecule has 1 heterocycles. The Morgan fingerprint density at radius 2 is 2.42 bits per heavy atom. The summed E-state index contributed by atoms with van der Waals surface area (Å²) in [4.78, 5) is 4.14. The molecule has 1 aromatic heterocycles. The van der Waals surface area contributed by atoms with Crippen LogP contribution in [0.4, 0.5) is 0 Å². The van der Waals surface area contributed by atoms with Crippen molar-refractivity contribution in [2.75, 3.05) is 5.75 Å². The number of pyridine rings is 1. The van der Waals surface area contributed by atoms with Crippen LogP contribution in [0.3, 0.4) is 0 Å². The van der Waals surface area contributed by atoms with Crippen LogP contribution >= 0.6 is 21.6 Å². The molecule has 1 rings (SSSR count). The third-order valence-electron chi connectivity index (χ3n) is 1.08. The highest BCUT2D eigenvalue weighted by Gasteiger charge is 1.93. The molecule has 0 aliphatic heterocycles. The molecular weight excluding hydrogens is 188 g/mol. The standard InChI is InChI=1S/C8H8N2S2/c9-5-3-7-11-12-8-4-1-2-6-10-8/h1-2,4,6H,3,7H2. The number of nitriles is 1. The molecule has 62 valence electrons. The number of hydrogen-bond donors (Lipinski definition) is 0. The second-order valence-electron chi connectivity index (χ2n) is 1.98. The Hall–Kier alpha value is -0.660. The predicted molar refractivity (Wildman–Crippen MR) is 52.8 cm³/mol. The molecule has 0 unspecified atom stereocenters. The molecule has 0 bridgehead atoms. The molecule has 0 radical (unpaired) electrons. The molecule has 2 nitrogen and oxygen atoms in total. The van der Waals surface area contributed by atoms with Crippen molar-refractivity contribution >= 4 is 21.6 Å². The van der Waals surface area contributed by atoms with Crippen molar-refractivity contribution in [2.45, 2.75) is 11.4 Å². The maximum atomic E-state index is 8.28. The van der Waals surface area contributed by atoms with Crippen LogP contribution in [0.15, 0.2) is 29.4 Å².